The number of nitrogens with zero attached hydrogens (tertiary/aromatic N) is 3. The molecule has 1 aromatic carbocycles. The number of para-hydroxylation sites is 2. The number of benzene rings is 1. The Bertz CT molecular complexity index is 729. The third kappa shape index (κ3) is 3.92. The zero-order chi connectivity index (χ0) is 16.8. The quantitative estimate of drug-likeness (QED) is 0.641. The van der Waals surface area contributed by atoms with E-state index in [1.807, 2.05) is 36.4 Å². The van der Waals surface area contributed by atoms with Crippen LogP contribution >= 0.6 is 0 Å². The molecule has 0 radical (unpaired) electrons. The Morgan fingerprint density at radius 3 is 2.62 bits per heavy atom. The van der Waals surface area contributed by atoms with E-state index in [0.717, 1.165) is 48.5 Å². The van der Waals surface area contributed by atoms with Crippen LogP contribution in [0.3, 0.4) is 0 Å². The van der Waals surface area contributed by atoms with E-state index in [2.05, 4.69) is 33.7 Å². The van der Waals surface area contributed by atoms with Gasteiger partial charge in [0.2, 0.25) is 5.88 Å². The molecular weight excluding hydrogens is 300 g/mol. The van der Waals surface area contributed by atoms with Crippen LogP contribution in [0.25, 0.3) is 22.4 Å². The fourth-order valence-corrected chi connectivity index (χ4v) is 2.70. The van der Waals surface area contributed by atoms with Crippen LogP contribution in [0, 0.1) is 0 Å². The molecule has 0 aliphatic rings. The van der Waals surface area contributed by atoms with E-state index < -0.39 is 0 Å². The van der Waals surface area contributed by atoms with Crippen molar-refractivity contribution in [3.63, 3.8) is 0 Å². The summed E-state index contributed by atoms with van der Waals surface area (Å²) in [7, 11) is 0. The molecule has 0 bridgehead atoms. The molecule has 0 aliphatic heterocycles. The van der Waals surface area contributed by atoms with Crippen molar-refractivity contribution >= 4 is 11.0 Å². The summed E-state index contributed by atoms with van der Waals surface area (Å²) >= 11 is 0. The molecule has 3 aromatic rings. The largest absolute Gasteiger partial charge is 0.478 e. The lowest BCUT2D eigenvalue weighted by Gasteiger charge is -2.17. The number of rotatable bonds is 8. The summed E-state index contributed by atoms with van der Waals surface area (Å²) in [6.45, 7) is 8.28. The highest BCUT2D eigenvalue weighted by Crippen LogP contribution is 2.21. The van der Waals surface area contributed by atoms with Crippen LogP contribution in [0.15, 0.2) is 42.6 Å². The average Bonchev–Trinajstić information content (AvgIpc) is 3.06. The van der Waals surface area contributed by atoms with Gasteiger partial charge in [-0.15, -0.1) is 0 Å². The van der Waals surface area contributed by atoms with Crippen LogP contribution in [-0.4, -0.2) is 46.1 Å². The molecule has 0 saturated heterocycles. The molecular formula is C19H24N4O. The van der Waals surface area contributed by atoms with Gasteiger partial charge in [-0.25, -0.2) is 9.97 Å². The van der Waals surface area contributed by atoms with E-state index in [-0.39, 0.29) is 0 Å². The van der Waals surface area contributed by atoms with Crippen LogP contribution in [-0.2, 0) is 0 Å². The van der Waals surface area contributed by atoms with Crippen molar-refractivity contribution in [2.24, 2.45) is 0 Å². The Balaban J connectivity index is 1.57. The van der Waals surface area contributed by atoms with Gasteiger partial charge in [0.1, 0.15) is 5.82 Å². The standard InChI is InChI=1S/C19H24N4O/c1-3-23(4-2)12-7-13-24-18-11-10-15(14-20-18)19-21-16-8-5-6-9-17(16)22-19/h5-6,8-11,14H,3-4,7,12-13H2,1-2H3,(H,21,22). The fourth-order valence-electron chi connectivity index (χ4n) is 2.70. The molecule has 0 aliphatic carbocycles. The van der Waals surface area contributed by atoms with Crippen molar-refractivity contribution in [1.29, 1.82) is 0 Å². The number of ether oxygens (including phenoxy) is 1. The molecule has 0 fully saturated rings. The highest BCUT2D eigenvalue weighted by Gasteiger charge is 2.06. The van der Waals surface area contributed by atoms with E-state index in [9.17, 15) is 0 Å². The van der Waals surface area contributed by atoms with Gasteiger partial charge < -0.3 is 14.6 Å². The van der Waals surface area contributed by atoms with Crippen molar-refractivity contribution in [2.45, 2.75) is 20.3 Å². The molecule has 0 spiro atoms. The SMILES string of the molecule is CCN(CC)CCCOc1ccc(-c2nc3ccccc3[nH]2)cn1. The predicted molar refractivity (Wildman–Crippen MR) is 97.2 cm³/mol. The Labute approximate surface area is 142 Å². The summed E-state index contributed by atoms with van der Waals surface area (Å²) in [5.41, 5.74) is 2.95. The molecule has 0 amide bonds. The van der Waals surface area contributed by atoms with Crippen molar-refractivity contribution in [1.82, 2.24) is 19.9 Å². The third-order valence-electron chi connectivity index (χ3n) is 4.16. The first-order valence-corrected chi connectivity index (χ1v) is 8.56. The van der Waals surface area contributed by atoms with Gasteiger partial charge in [0.25, 0.3) is 0 Å². The maximum atomic E-state index is 5.73. The van der Waals surface area contributed by atoms with Gasteiger partial charge in [-0.1, -0.05) is 26.0 Å². The van der Waals surface area contributed by atoms with Gasteiger partial charge in [-0.05, 0) is 37.7 Å². The monoisotopic (exact) mass is 324 g/mol. The van der Waals surface area contributed by atoms with Crippen molar-refractivity contribution in [3.05, 3.63) is 42.6 Å². The van der Waals surface area contributed by atoms with Gasteiger partial charge in [-0.2, -0.15) is 0 Å². The summed E-state index contributed by atoms with van der Waals surface area (Å²) in [4.78, 5) is 14.7. The zero-order valence-electron chi connectivity index (χ0n) is 14.3. The van der Waals surface area contributed by atoms with Gasteiger partial charge in [-0.3, -0.25) is 0 Å². The number of H-pyrrole nitrogens is 1. The summed E-state index contributed by atoms with van der Waals surface area (Å²) in [6, 6.07) is 11.9. The molecule has 5 heteroatoms. The average molecular weight is 324 g/mol. The normalized spacial score (nSPS) is 11.3. The first-order chi connectivity index (χ1) is 11.8. The summed E-state index contributed by atoms with van der Waals surface area (Å²) < 4.78 is 5.73. The topological polar surface area (TPSA) is 54.0 Å². The number of aromatic nitrogens is 3. The fraction of sp³-hybridized carbons (Fsp3) is 0.368. The summed E-state index contributed by atoms with van der Waals surface area (Å²) in [5, 5.41) is 0. The molecule has 5 nitrogen and oxygen atoms in total. The van der Waals surface area contributed by atoms with E-state index in [1.165, 1.54) is 0 Å². The number of imidazole rings is 1. The molecule has 1 N–H and O–H groups in total. The Hall–Kier alpha value is -2.40. The number of fused-ring (bicyclic) bond motifs is 1. The highest BCUT2D eigenvalue weighted by atomic mass is 16.5. The van der Waals surface area contributed by atoms with Crippen molar-refractivity contribution in [3.8, 4) is 17.3 Å². The second kappa shape index (κ2) is 7.93. The molecule has 0 saturated carbocycles. The Morgan fingerprint density at radius 2 is 1.92 bits per heavy atom. The summed E-state index contributed by atoms with van der Waals surface area (Å²) in [6.07, 6.45) is 2.81. The van der Waals surface area contributed by atoms with Gasteiger partial charge in [0.05, 0.1) is 17.6 Å². The lowest BCUT2D eigenvalue weighted by molar-refractivity contribution is 0.244. The molecule has 0 unspecified atom stereocenters. The number of nitrogens with one attached hydrogen (secondary N) is 1. The third-order valence-corrected chi connectivity index (χ3v) is 4.16. The van der Waals surface area contributed by atoms with E-state index in [4.69, 9.17) is 4.74 Å². The second-order valence-corrected chi connectivity index (χ2v) is 5.72. The maximum Gasteiger partial charge on any atom is 0.213 e. The predicted octanol–water partition coefficient (Wildman–Crippen LogP) is 3.74. The van der Waals surface area contributed by atoms with Crippen molar-refractivity contribution < 1.29 is 4.74 Å². The van der Waals surface area contributed by atoms with Crippen LogP contribution in [0.5, 0.6) is 5.88 Å². The molecule has 0 atom stereocenters. The summed E-state index contributed by atoms with van der Waals surface area (Å²) in [5.74, 6) is 1.49. The first-order valence-electron chi connectivity index (χ1n) is 8.56. The smallest absolute Gasteiger partial charge is 0.213 e. The number of pyridine rings is 1. The minimum atomic E-state index is 0.661. The molecule has 2 aromatic heterocycles. The minimum Gasteiger partial charge on any atom is -0.478 e. The first kappa shape index (κ1) is 16.5. The van der Waals surface area contributed by atoms with E-state index >= 15 is 0 Å². The molecule has 2 heterocycles. The zero-order valence-corrected chi connectivity index (χ0v) is 14.3. The molecule has 24 heavy (non-hydrogen) atoms. The molecule has 126 valence electrons. The Kier molecular flexibility index (Phi) is 5.43. The Morgan fingerprint density at radius 1 is 1.08 bits per heavy atom. The van der Waals surface area contributed by atoms with Gasteiger partial charge in [0, 0.05) is 24.4 Å². The van der Waals surface area contributed by atoms with E-state index in [1.54, 1.807) is 6.20 Å². The maximum absolute atomic E-state index is 5.73. The number of hydrogen-bond acceptors (Lipinski definition) is 4. The van der Waals surface area contributed by atoms with Crippen LogP contribution in [0.1, 0.15) is 20.3 Å². The number of hydrogen-bond donors (Lipinski definition) is 1. The number of aromatic amines is 1. The highest BCUT2D eigenvalue weighted by molar-refractivity contribution is 5.79. The van der Waals surface area contributed by atoms with E-state index in [0.29, 0.717) is 12.5 Å². The lowest BCUT2D eigenvalue weighted by atomic mass is 10.3. The molecule has 3 rings (SSSR count). The van der Waals surface area contributed by atoms with Gasteiger partial charge >= 0.3 is 0 Å². The lowest BCUT2D eigenvalue weighted by Crippen LogP contribution is -2.25. The van der Waals surface area contributed by atoms with Crippen LogP contribution in [0.4, 0.5) is 0 Å². The van der Waals surface area contributed by atoms with Crippen molar-refractivity contribution in [2.75, 3.05) is 26.2 Å². The van der Waals surface area contributed by atoms with Crippen LogP contribution in [0.2, 0.25) is 0 Å². The van der Waals surface area contributed by atoms with Crippen LogP contribution < -0.4 is 4.74 Å². The van der Waals surface area contributed by atoms with Gasteiger partial charge in [0.15, 0.2) is 0 Å². The minimum absolute atomic E-state index is 0.661. The second-order valence-electron chi connectivity index (χ2n) is 5.72.